The Kier molecular flexibility index (Phi) is 6.02. The molecule has 3 aromatic rings. The smallest absolute Gasteiger partial charge is 0.161 e. The van der Waals surface area contributed by atoms with Gasteiger partial charge in [0.25, 0.3) is 0 Å². The molecule has 4 rings (SSSR count). The van der Waals surface area contributed by atoms with E-state index in [1.165, 1.54) is 0 Å². The first kappa shape index (κ1) is 20.0. The summed E-state index contributed by atoms with van der Waals surface area (Å²) in [7, 11) is 1.62. The summed E-state index contributed by atoms with van der Waals surface area (Å²) in [6.45, 7) is 2.15. The van der Waals surface area contributed by atoms with Gasteiger partial charge < -0.3 is 30.4 Å². The molecule has 1 saturated heterocycles. The molecule has 7 nitrogen and oxygen atoms in total. The van der Waals surface area contributed by atoms with Gasteiger partial charge in [0, 0.05) is 23.0 Å². The van der Waals surface area contributed by atoms with Crippen LogP contribution in [0.25, 0.3) is 22.3 Å². The lowest BCUT2D eigenvalue weighted by Crippen LogP contribution is -2.33. The van der Waals surface area contributed by atoms with Crippen molar-refractivity contribution in [3.8, 4) is 33.8 Å². The Balaban J connectivity index is 1.57. The maximum atomic E-state index is 6.12. The van der Waals surface area contributed by atoms with E-state index >= 15 is 0 Å². The predicted molar refractivity (Wildman–Crippen MR) is 117 cm³/mol. The third kappa shape index (κ3) is 4.48. The molecule has 0 aliphatic carbocycles. The van der Waals surface area contributed by atoms with Gasteiger partial charge in [-0.25, -0.2) is 4.98 Å². The third-order valence-corrected chi connectivity index (χ3v) is 4.95. The van der Waals surface area contributed by atoms with Gasteiger partial charge >= 0.3 is 0 Å². The van der Waals surface area contributed by atoms with Gasteiger partial charge in [-0.1, -0.05) is 18.2 Å². The molecular formula is C23H25N3O4. The molecule has 156 valence electrons. The fourth-order valence-corrected chi connectivity index (χ4v) is 3.31. The molecule has 1 aliphatic rings. The zero-order chi connectivity index (χ0) is 20.9. The summed E-state index contributed by atoms with van der Waals surface area (Å²) < 4.78 is 22.5. The minimum Gasteiger partial charge on any atom is -0.493 e. The number of anilines is 2. The summed E-state index contributed by atoms with van der Waals surface area (Å²) in [4.78, 5) is 4.37. The quantitative estimate of drug-likeness (QED) is 0.604. The van der Waals surface area contributed by atoms with Crippen molar-refractivity contribution < 1.29 is 18.9 Å². The number of hydrogen-bond donors (Lipinski definition) is 2. The van der Waals surface area contributed by atoms with Crippen LogP contribution in [0.4, 0.5) is 11.5 Å². The van der Waals surface area contributed by atoms with E-state index in [1.807, 2.05) is 48.5 Å². The molecule has 7 heteroatoms. The van der Waals surface area contributed by atoms with E-state index in [1.54, 1.807) is 13.3 Å². The Morgan fingerprint density at radius 3 is 2.50 bits per heavy atom. The van der Waals surface area contributed by atoms with E-state index in [4.69, 9.17) is 30.4 Å². The van der Waals surface area contributed by atoms with Crippen molar-refractivity contribution in [3.63, 3.8) is 0 Å². The van der Waals surface area contributed by atoms with Crippen LogP contribution in [0.5, 0.6) is 11.5 Å². The summed E-state index contributed by atoms with van der Waals surface area (Å²) in [5, 5.41) is 0. The van der Waals surface area contributed by atoms with Crippen molar-refractivity contribution in [2.75, 3.05) is 45.0 Å². The number of hydrogen-bond acceptors (Lipinski definition) is 7. The Hall–Kier alpha value is -3.29. The summed E-state index contributed by atoms with van der Waals surface area (Å²) in [6, 6.07) is 15.3. The van der Waals surface area contributed by atoms with Gasteiger partial charge in [0.2, 0.25) is 0 Å². The predicted octanol–water partition coefficient (Wildman–Crippen LogP) is 3.38. The molecule has 2 aromatic carbocycles. The van der Waals surface area contributed by atoms with E-state index in [-0.39, 0.29) is 6.10 Å². The molecule has 1 aliphatic heterocycles. The first-order chi connectivity index (χ1) is 14.6. The molecule has 1 fully saturated rings. The second kappa shape index (κ2) is 9.02. The van der Waals surface area contributed by atoms with Crippen molar-refractivity contribution >= 4 is 11.5 Å². The van der Waals surface area contributed by atoms with Gasteiger partial charge in [0.1, 0.15) is 18.5 Å². The first-order valence-corrected chi connectivity index (χ1v) is 9.76. The molecular weight excluding hydrogens is 382 g/mol. The van der Waals surface area contributed by atoms with Gasteiger partial charge in [-0.2, -0.15) is 0 Å². The van der Waals surface area contributed by atoms with Crippen LogP contribution in [-0.2, 0) is 9.47 Å². The topological polar surface area (TPSA) is 102 Å². The van der Waals surface area contributed by atoms with Gasteiger partial charge in [-0.15, -0.1) is 0 Å². The molecule has 0 radical (unpaired) electrons. The fraction of sp³-hybridized carbons (Fsp3) is 0.261. The highest BCUT2D eigenvalue weighted by Crippen LogP contribution is 2.35. The molecule has 0 bridgehead atoms. The number of nitrogens with two attached hydrogens (primary N) is 2. The maximum absolute atomic E-state index is 6.12. The SMILES string of the molecule is COc1cc(-c2cnc(N)c(-c3ccc(N)cc3)c2)ccc1OCC1COCCO1. The number of methoxy groups -OCH3 is 1. The van der Waals surface area contributed by atoms with Crippen molar-refractivity contribution in [3.05, 3.63) is 54.7 Å². The summed E-state index contributed by atoms with van der Waals surface area (Å²) in [5.41, 5.74) is 16.3. The molecule has 0 saturated carbocycles. The van der Waals surface area contributed by atoms with E-state index in [2.05, 4.69) is 4.98 Å². The average molecular weight is 407 g/mol. The third-order valence-electron chi connectivity index (χ3n) is 4.95. The van der Waals surface area contributed by atoms with Crippen molar-refractivity contribution in [1.82, 2.24) is 4.98 Å². The van der Waals surface area contributed by atoms with E-state index in [0.29, 0.717) is 49.4 Å². The van der Waals surface area contributed by atoms with Crippen LogP contribution < -0.4 is 20.9 Å². The molecule has 0 spiro atoms. The Bertz CT molecular complexity index is 1000. The van der Waals surface area contributed by atoms with Crippen molar-refractivity contribution in [2.45, 2.75) is 6.10 Å². The minimum absolute atomic E-state index is 0.0769. The number of rotatable bonds is 6. The van der Waals surface area contributed by atoms with Crippen LogP contribution in [0.15, 0.2) is 54.7 Å². The van der Waals surface area contributed by atoms with E-state index < -0.39 is 0 Å². The summed E-state index contributed by atoms with van der Waals surface area (Å²) in [6.07, 6.45) is 1.67. The Morgan fingerprint density at radius 1 is 0.967 bits per heavy atom. The van der Waals surface area contributed by atoms with Gasteiger partial charge in [-0.3, -0.25) is 0 Å². The molecule has 4 N–H and O–H groups in total. The normalized spacial score (nSPS) is 16.2. The number of pyridine rings is 1. The van der Waals surface area contributed by atoms with Gasteiger partial charge in [0.15, 0.2) is 11.5 Å². The minimum atomic E-state index is -0.0769. The lowest BCUT2D eigenvalue weighted by Gasteiger charge is -2.23. The van der Waals surface area contributed by atoms with Crippen LogP contribution in [0, 0.1) is 0 Å². The molecule has 1 aromatic heterocycles. The first-order valence-electron chi connectivity index (χ1n) is 9.76. The van der Waals surface area contributed by atoms with Crippen LogP contribution in [0.1, 0.15) is 0 Å². The molecule has 2 heterocycles. The molecule has 0 amide bonds. The molecule has 30 heavy (non-hydrogen) atoms. The zero-order valence-electron chi connectivity index (χ0n) is 16.8. The number of aromatic nitrogens is 1. The highest BCUT2D eigenvalue weighted by molar-refractivity contribution is 5.80. The van der Waals surface area contributed by atoms with Crippen LogP contribution in [0.2, 0.25) is 0 Å². The number of ether oxygens (including phenoxy) is 4. The largest absolute Gasteiger partial charge is 0.493 e. The van der Waals surface area contributed by atoms with Crippen LogP contribution in [-0.4, -0.2) is 44.6 Å². The lowest BCUT2D eigenvalue weighted by atomic mass is 10.0. The number of benzene rings is 2. The monoisotopic (exact) mass is 407 g/mol. The van der Waals surface area contributed by atoms with Crippen molar-refractivity contribution in [2.24, 2.45) is 0 Å². The van der Waals surface area contributed by atoms with Gasteiger partial charge in [0.05, 0.1) is 26.9 Å². The number of nitrogens with zero attached hydrogens (tertiary/aromatic N) is 1. The highest BCUT2D eigenvalue weighted by atomic mass is 16.6. The summed E-state index contributed by atoms with van der Waals surface area (Å²) >= 11 is 0. The Labute approximate surface area is 175 Å². The highest BCUT2D eigenvalue weighted by Gasteiger charge is 2.17. The second-order valence-corrected chi connectivity index (χ2v) is 7.02. The van der Waals surface area contributed by atoms with E-state index in [0.717, 1.165) is 22.3 Å². The zero-order valence-corrected chi connectivity index (χ0v) is 16.8. The summed E-state index contributed by atoms with van der Waals surface area (Å²) in [5.74, 6) is 1.75. The molecule has 1 unspecified atom stereocenters. The number of nitrogen functional groups attached to an aromatic ring is 2. The maximum Gasteiger partial charge on any atom is 0.161 e. The van der Waals surface area contributed by atoms with Crippen LogP contribution >= 0.6 is 0 Å². The standard InChI is InChI=1S/C23H25N3O4/c1-27-22-11-16(4-7-21(22)30-14-19-13-28-8-9-29-19)17-10-20(23(25)26-12-17)15-2-5-18(24)6-3-15/h2-7,10-12,19H,8-9,13-14,24H2,1H3,(H2,25,26). The second-order valence-electron chi connectivity index (χ2n) is 7.02. The van der Waals surface area contributed by atoms with Gasteiger partial charge in [-0.05, 0) is 41.5 Å². The van der Waals surface area contributed by atoms with Crippen LogP contribution in [0.3, 0.4) is 0 Å². The van der Waals surface area contributed by atoms with Crippen molar-refractivity contribution in [1.29, 1.82) is 0 Å². The Morgan fingerprint density at radius 2 is 1.77 bits per heavy atom. The molecule has 1 atom stereocenters. The lowest BCUT2D eigenvalue weighted by molar-refractivity contribution is -0.101. The average Bonchev–Trinajstić information content (AvgIpc) is 2.79. The fourth-order valence-electron chi connectivity index (χ4n) is 3.31. The van der Waals surface area contributed by atoms with E-state index in [9.17, 15) is 0 Å².